The maximum atomic E-state index is 11.9. The standard InChI is InChI=1S/C14H21NO4/c1-2-3-4-5-11-19-12-7-6-9-15(14(12)18)10-8-13(16)17/h6-7,9H,2-5,8,10-11H2,1H3,(H,16,17). The molecule has 0 unspecified atom stereocenters. The number of aromatic nitrogens is 1. The van der Waals surface area contributed by atoms with Gasteiger partial charge in [0.25, 0.3) is 5.56 Å². The molecule has 5 heteroatoms. The molecule has 0 aliphatic carbocycles. The van der Waals surface area contributed by atoms with Crippen LogP contribution in [0.1, 0.15) is 39.0 Å². The minimum atomic E-state index is -0.919. The first-order valence-corrected chi connectivity index (χ1v) is 6.69. The number of hydrogen-bond donors (Lipinski definition) is 1. The monoisotopic (exact) mass is 267 g/mol. The molecule has 0 atom stereocenters. The van der Waals surface area contributed by atoms with Crippen molar-refractivity contribution < 1.29 is 14.6 Å². The van der Waals surface area contributed by atoms with Gasteiger partial charge in [-0.1, -0.05) is 26.2 Å². The van der Waals surface area contributed by atoms with Crippen molar-refractivity contribution in [3.05, 3.63) is 28.7 Å². The predicted octanol–water partition coefficient (Wildman–Crippen LogP) is 2.28. The van der Waals surface area contributed by atoms with Gasteiger partial charge in [-0.25, -0.2) is 0 Å². The first-order chi connectivity index (χ1) is 9.15. The van der Waals surface area contributed by atoms with Crippen LogP contribution in [0.4, 0.5) is 0 Å². The van der Waals surface area contributed by atoms with Crippen LogP contribution in [0.25, 0.3) is 0 Å². The highest BCUT2D eigenvalue weighted by molar-refractivity contribution is 5.66. The van der Waals surface area contributed by atoms with Gasteiger partial charge in [0.1, 0.15) is 0 Å². The molecule has 0 fully saturated rings. The van der Waals surface area contributed by atoms with Crippen molar-refractivity contribution in [3.63, 3.8) is 0 Å². The Bertz CT molecular complexity index is 453. The molecule has 19 heavy (non-hydrogen) atoms. The molecule has 1 heterocycles. The second-order valence-corrected chi connectivity index (χ2v) is 4.42. The Hall–Kier alpha value is -1.78. The number of aliphatic carboxylic acids is 1. The van der Waals surface area contributed by atoms with Crippen molar-refractivity contribution >= 4 is 5.97 Å². The smallest absolute Gasteiger partial charge is 0.305 e. The summed E-state index contributed by atoms with van der Waals surface area (Å²) in [5.41, 5.74) is -0.265. The van der Waals surface area contributed by atoms with Crippen LogP contribution >= 0.6 is 0 Å². The van der Waals surface area contributed by atoms with Crippen molar-refractivity contribution in [3.8, 4) is 5.75 Å². The van der Waals surface area contributed by atoms with E-state index < -0.39 is 5.97 Å². The lowest BCUT2D eigenvalue weighted by atomic mass is 10.2. The van der Waals surface area contributed by atoms with Crippen LogP contribution in [0.15, 0.2) is 23.1 Å². The zero-order valence-electron chi connectivity index (χ0n) is 11.3. The number of rotatable bonds is 9. The fourth-order valence-electron chi connectivity index (χ4n) is 1.73. The third-order valence-corrected chi connectivity index (χ3v) is 2.81. The lowest BCUT2D eigenvalue weighted by Crippen LogP contribution is -2.22. The van der Waals surface area contributed by atoms with E-state index in [2.05, 4.69) is 6.92 Å². The summed E-state index contributed by atoms with van der Waals surface area (Å²) in [7, 11) is 0. The van der Waals surface area contributed by atoms with Gasteiger partial charge in [0.2, 0.25) is 0 Å². The summed E-state index contributed by atoms with van der Waals surface area (Å²) < 4.78 is 6.82. The predicted molar refractivity (Wildman–Crippen MR) is 72.6 cm³/mol. The van der Waals surface area contributed by atoms with E-state index in [1.165, 1.54) is 11.0 Å². The van der Waals surface area contributed by atoms with E-state index >= 15 is 0 Å². The highest BCUT2D eigenvalue weighted by Gasteiger charge is 2.05. The van der Waals surface area contributed by atoms with Gasteiger partial charge in [0.05, 0.1) is 13.0 Å². The molecule has 106 valence electrons. The lowest BCUT2D eigenvalue weighted by Gasteiger charge is -2.08. The second-order valence-electron chi connectivity index (χ2n) is 4.42. The molecular weight excluding hydrogens is 246 g/mol. The van der Waals surface area contributed by atoms with Gasteiger partial charge < -0.3 is 14.4 Å². The first-order valence-electron chi connectivity index (χ1n) is 6.69. The highest BCUT2D eigenvalue weighted by Crippen LogP contribution is 2.05. The van der Waals surface area contributed by atoms with Crippen LogP contribution in [0.3, 0.4) is 0 Å². The molecular formula is C14H21NO4. The summed E-state index contributed by atoms with van der Waals surface area (Å²) in [5.74, 6) is -0.623. The molecule has 5 nitrogen and oxygen atoms in total. The SMILES string of the molecule is CCCCCCOc1cccn(CCC(=O)O)c1=O. The topological polar surface area (TPSA) is 68.5 Å². The van der Waals surface area contributed by atoms with Crippen molar-refractivity contribution in [2.75, 3.05) is 6.61 Å². The number of aryl methyl sites for hydroxylation is 1. The van der Waals surface area contributed by atoms with Gasteiger partial charge in [-0.3, -0.25) is 9.59 Å². The van der Waals surface area contributed by atoms with Crippen LogP contribution in [-0.2, 0) is 11.3 Å². The molecule has 0 radical (unpaired) electrons. The Labute approximate surface area is 112 Å². The fourth-order valence-corrected chi connectivity index (χ4v) is 1.73. The van der Waals surface area contributed by atoms with Crippen LogP contribution in [0, 0.1) is 0 Å². The quantitative estimate of drug-likeness (QED) is 0.697. The normalized spacial score (nSPS) is 10.4. The number of unbranched alkanes of at least 4 members (excludes halogenated alkanes) is 3. The molecule has 0 aliphatic heterocycles. The number of pyridine rings is 1. The van der Waals surface area contributed by atoms with E-state index in [-0.39, 0.29) is 18.5 Å². The third kappa shape index (κ3) is 5.59. The molecule has 1 aromatic rings. The van der Waals surface area contributed by atoms with E-state index in [0.29, 0.717) is 12.4 Å². The molecule has 1 aromatic heterocycles. The number of carboxylic acid groups (broad SMARTS) is 1. The fraction of sp³-hybridized carbons (Fsp3) is 0.571. The zero-order chi connectivity index (χ0) is 14.1. The number of carbonyl (C=O) groups is 1. The van der Waals surface area contributed by atoms with Crippen LogP contribution in [-0.4, -0.2) is 22.2 Å². The Kier molecular flexibility index (Phi) is 6.71. The van der Waals surface area contributed by atoms with Crippen molar-refractivity contribution in [2.45, 2.75) is 45.6 Å². The van der Waals surface area contributed by atoms with Crippen molar-refractivity contribution in [2.24, 2.45) is 0 Å². The van der Waals surface area contributed by atoms with Gasteiger partial charge in [0, 0.05) is 12.7 Å². The molecule has 1 N–H and O–H groups in total. The number of carboxylic acids is 1. The average Bonchev–Trinajstić information content (AvgIpc) is 2.38. The maximum absolute atomic E-state index is 11.9. The molecule has 0 aromatic carbocycles. The Morgan fingerprint density at radius 3 is 2.84 bits per heavy atom. The van der Waals surface area contributed by atoms with Gasteiger partial charge in [-0.2, -0.15) is 0 Å². The number of nitrogens with zero attached hydrogens (tertiary/aromatic N) is 1. The summed E-state index contributed by atoms with van der Waals surface area (Å²) in [6.07, 6.45) is 5.86. The largest absolute Gasteiger partial charge is 0.488 e. The Morgan fingerprint density at radius 2 is 2.16 bits per heavy atom. The molecule has 0 amide bonds. The third-order valence-electron chi connectivity index (χ3n) is 2.81. The molecule has 1 rings (SSSR count). The minimum absolute atomic E-state index is 0.0696. The van der Waals surface area contributed by atoms with Gasteiger partial charge in [-0.05, 0) is 18.6 Å². The van der Waals surface area contributed by atoms with Gasteiger partial charge in [0.15, 0.2) is 5.75 Å². The summed E-state index contributed by atoms with van der Waals surface area (Å²) >= 11 is 0. The summed E-state index contributed by atoms with van der Waals surface area (Å²) in [6.45, 7) is 2.83. The molecule has 0 saturated carbocycles. The second kappa shape index (κ2) is 8.34. The van der Waals surface area contributed by atoms with E-state index in [4.69, 9.17) is 9.84 Å². The van der Waals surface area contributed by atoms with E-state index in [1.807, 2.05) is 0 Å². The number of ether oxygens (including phenoxy) is 1. The average molecular weight is 267 g/mol. The molecule has 0 aliphatic rings. The van der Waals surface area contributed by atoms with Crippen LogP contribution in [0.2, 0.25) is 0 Å². The Balaban J connectivity index is 2.52. The van der Waals surface area contributed by atoms with Crippen LogP contribution in [0.5, 0.6) is 5.75 Å². The molecule has 0 saturated heterocycles. The van der Waals surface area contributed by atoms with Crippen LogP contribution < -0.4 is 10.3 Å². The zero-order valence-corrected chi connectivity index (χ0v) is 11.3. The van der Waals surface area contributed by atoms with E-state index in [0.717, 1.165) is 19.3 Å². The molecule has 0 spiro atoms. The van der Waals surface area contributed by atoms with Crippen molar-refractivity contribution in [1.29, 1.82) is 0 Å². The Morgan fingerprint density at radius 1 is 1.37 bits per heavy atom. The molecule has 0 bridgehead atoms. The first kappa shape index (κ1) is 15.3. The van der Waals surface area contributed by atoms with E-state index in [1.54, 1.807) is 18.3 Å². The minimum Gasteiger partial charge on any atom is -0.488 e. The van der Waals surface area contributed by atoms with E-state index in [9.17, 15) is 9.59 Å². The lowest BCUT2D eigenvalue weighted by molar-refractivity contribution is -0.137. The van der Waals surface area contributed by atoms with Gasteiger partial charge >= 0.3 is 5.97 Å². The number of hydrogen-bond acceptors (Lipinski definition) is 3. The van der Waals surface area contributed by atoms with Gasteiger partial charge in [-0.15, -0.1) is 0 Å². The summed E-state index contributed by atoms with van der Waals surface area (Å²) in [4.78, 5) is 22.4. The maximum Gasteiger partial charge on any atom is 0.305 e. The summed E-state index contributed by atoms with van der Waals surface area (Å²) in [6, 6.07) is 3.32. The summed E-state index contributed by atoms with van der Waals surface area (Å²) in [5, 5.41) is 8.61. The van der Waals surface area contributed by atoms with Crippen molar-refractivity contribution in [1.82, 2.24) is 4.57 Å². The highest BCUT2D eigenvalue weighted by atomic mass is 16.5.